The van der Waals surface area contributed by atoms with Crippen LogP contribution in [0.15, 0.2) is 54.6 Å². The zero-order valence-electron chi connectivity index (χ0n) is 59.2. The third kappa shape index (κ3) is 26.5. The van der Waals surface area contributed by atoms with E-state index in [9.17, 15) is 100 Å². The number of phenolic OH excluding ortho intramolecular Hbond substituents is 3. The van der Waals surface area contributed by atoms with E-state index in [4.69, 9.17) is 74.4 Å². The Morgan fingerprint density at radius 3 is 1.32 bits per heavy atom. The number of aliphatic hydroxyl groups excluding tert-OH is 10. The number of nitrogens with two attached hydrogens (primary N) is 6. The van der Waals surface area contributed by atoms with Gasteiger partial charge in [-0.25, -0.2) is 28.8 Å². The molecule has 0 spiro atoms. The van der Waals surface area contributed by atoms with Crippen molar-refractivity contribution in [3.63, 3.8) is 0 Å². The normalized spacial score (nSPS) is 29.1. The van der Waals surface area contributed by atoms with Gasteiger partial charge in [0, 0.05) is 17.1 Å². The van der Waals surface area contributed by atoms with Gasteiger partial charge in [0.1, 0.15) is 114 Å². The maximum atomic E-state index is 12.4. The Hall–Kier alpha value is -7.52. The highest BCUT2D eigenvalue weighted by atomic mass is 16.7. The number of carboxylic acids is 2. The molecule has 3 aromatic rings. The first-order valence-electron chi connectivity index (χ1n) is 33.3. The molecule has 0 aliphatic carbocycles. The van der Waals surface area contributed by atoms with Gasteiger partial charge in [-0.2, -0.15) is 0 Å². The molecule has 3 aromatic carbocycles. The number of hydrogen-bond donors (Lipinski definition) is 21. The Labute approximate surface area is 594 Å². The van der Waals surface area contributed by atoms with Gasteiger partial charge < -0.3 is 162 Å². The Balaban J connectivity index is 0.000000508. The number of phenols is 3. The van der Waals surface area contributed by atoms with Crippen LogP contribution in [0.3, 0.4) is 0 Å². The van der Waals surface area contributed by atoms with Gasteiger partial charge in [0.25, 0.3) is 0 Å². The fourth-order valence-electron chi connectivity index (χ4n) is 10.2. The Kier molecular flexibility index (Phi) is 40.6. The lowest BCUT2D eigenvalue weighted by Crippen LogP contribution is -2.96. The molecule has 0 aromatic heterocycles. The van der Waals surface area contributed by atoms with Crippen molar-refractivity contribution in [3.05, 3.63) is 71.3 Å². The lowest BCUT2D eigenvalue weighted by molar-refractivity contribution is -0.717. The van der Waals surface area contributed by atoms with Gasteiger partial charge >= 0.3 is 35.8 Å². The van der Waals surface area contributed by atoms with Crippen LogP contribution in [0.4, 0.5) is 17.1 Å². The van der Waals surface area contributed by atoms with E-state index in [-0.39, 0.29) is 51.0 Å². The SMILES string of the molecule is CC.CC.CCC.CCC[NH2+]C1[C@H](O)OC(COC(=O)c2cc(N)ccc2O)[C@@H](O)[C@H]1CO[C@@H]1OC(C(=O)O)[C@@H](O)[C@@H](O)C1O.C[NH2+]C1[C@@H](O)OC(CO)[C@@H](O)[C@H]1OC(C)C(=O)OCOC(=O)c1cc(N)ccc1O.C[NH2+]C1[C@@H](O)OC(COC(=O)c2cc(N)ccc2O)[C@@H](O)[C@H]1OC(C)C(=O)O. The summed E-state index contributed by atoms with van der Waals surface area (Å²) < 4.78 is 57.3. The van der Waals surface area contributed by atoms with Gasteiger partial charge in [-0.3, -0.25) is 0 Å². The number of anilines is 3. The van der Waals surface area contributed by atoms with Gasteiger partial charge in [0.15, 0.2) is 36.7 Å². The summed E-state index contributed by atoms with van der Waals surface area (Å²) in [5, 5.41) is 154. The highest BCUT2D eigenvalue weighted by molar-refractivity contribution is 5.94. The Morgan fingerprint density at radius 2 is 0.913 bits per heavy atom. The number of carboxylic acid groups (broad SMARTS) is 2. The molecule has 4 aliphatic rings. The number of nitrogen functional groups attached to an aromatic ring is 3. The molecule has 0 amide bonds. The number of benzene rings is 3. The molecule has 103 heavy (non-hydrogen) atoms. The number of aliphatic hydroxyl groups is 10. The van der Waals surface area contributed by atoms with E-state index in [0.717, 1.165) is 0 Å². The molecular weight excluding hydrogens is 1380 g/mol. The number of esters is 4. The van der Waals surface area contributed by atoms with Crippen molar-refractivity contribution in [3.8, 4) is 17.2 Å². The van der Waals surface area contributed by atoms with Crippen molar-refractivity contribution in [2.24, 2.45) is 5.92 Å². The fraction of sp³-hybridized carbons (Fsp3) is 0.631. The third-order valence-corrected chi connectivity index (χ3v) is 15.7. The molecule has 4 heterocycles. The van der Waals surface area contributed by atoms with Crippen molar-refractivity contribution >= 4 is 52.9 Å². The quantitative estimate of drug-likeness (QED) is 0.0124. The van der Waals surface area contributed by atoms with Crippen LogP contribution in [-0.4, -0.2) is 295 Å². The van der Waals surface area contributed by atoms with Crippen molar-refractivity contribution in [1.82, 2.24) is 0 Å². The molecule has 586 valence electrons. The Bertz CT molecular complexity index is 3070. The highest BCUT2D eigenvalue weighted by Gasteiger charge is 2.53. The van der Waals surface area contributed by atoms with Gasteiger partial charge in [-0.05, 0) is 74.9 Å². The average molecular weight is 1480 g/mol. The standard InChI is InChI=1S/C23H34N2O13.C18H26N2O10.C17H24N2O9.C3H8.2C2H6/c1-2-5-25-14-11(7-36-23-18(30)16(28)17(29)19(38-23)20(31)32)15(27)13(37-22(14)34)8-35-21(33)10-6-9(24)3-4-12(10)26;1-8(29-15-13(20-2)18(26)30-12(6-21)14(15)23)16(24)27-7-28-17(25)10-5-9(19)3-4-11(10)22;1-7(15(22)23)27-14-12(19-2)17(25)28-11(13(14)21)6-26-16(24)9-5-8(18)3-4-10(9)20;1-3-2;2*1-2/h3-4,6,11,13-19,22-23,25-30,34H,2,5,7-8,24H2,1H3,(H,31,32);3-5,8,12-15,18,20-23,26H,6-7,19H2,1-2H3;3-5,7,11-14,17,19-21,25H,6,18H2,1-2H3,(H,22,23);3H2,1-2H3;2*1-2H3/p+3/t11-,13?,14?,15-,16+,17-,18?,19?,22+,23+;8?,12?,13?,14-,15+,18+;7?,11?,12?,13-,14+,17+;;;/m011.../s1. The minimum absolute atomic E-state index is 0.169. The van der Waals surface area contributed by atoms with Crippen molar-refractivity contribution in [2.75, 3.05) is 71.1 Å². The van der Waals surface area contributed by atoms with E-state index < -0.39 is 204 Å². The minimum Gasteiger partial charge on any atom is -0.507 e. The summed E-state index contributed by atoms with van der Waals surface area (Å²) in [5.74, 6) is -8.46. The maximum Gasteiger partial charge on any atom is 0.344 e. The number of carbonyl (C=O) groups is 6. The summed E-state index contributed by atoms with van der Waals surface area (Å²) in [6.07, 6.45) is -23.5. The molecular formula is C65H107N6O32+3. The lowest BCUT2D eigenvalue weighted by Gasteiger charge is -2.43. The molecule has 4 saturated heterocycles. The number of hydrogen-bond acceptors (Lipinski definition) is 33. The zero-order valence-corrected chi connectivity index (χ0v) is 59.2. The summed E-state index contributed by atoms with van der Waals surface area (Å²) >= 11 is 0. The second-order valence-corrected chi connectivity index (χ2v) is 23.1. The molecule has 0 radical (unpaired) electrons. The van der Waals surface area contributed by atoms with Crippen LogP contribution >= 0.6 is 0 Å². The second-order valence-electron chi connectivity index (χ2n) is 23.1. The summed E-state index contributed by atoms with van der Waals surface area (Å²) in [5.41, 5.74) is 16.9. The van der Waals surface area contributed by atoms with Crippen molar-refractivity contribution < 1.29 is 173 Å². The second kappa shape index (κ2) is 45.7. The van der Waals surface area contributed by atoms with Crippen molar-refractivity contribution in [2.45, 2.75) is 204 Å². The molecule has 7 rings (SSSR count). The van der Waals surface area contributed by atoms with Crippen molar-refractivity contribution in [1.29, 1.82) is 0 Å². The van der Waals surface area contributed by atoms with Crippen LogP contribution in [0.2, 0.25) is 0 Å². The summed E-state index contributed by atoms with van der Waals surface area (Å²) in [4.78, 5) is 71.1. The molecule has 10 unspecified atom stereocenters. The van der Waals surface area contributed by atoms with E-state index in [2.05, 4.69) is 13.8 Å². The van der Waals surface area contributed by atoms with Crippen LogP contribution in [0.25, 0.3) is 0 Å². The zero-order chi connectivity index (χ0) is 78.3. The molecule has 0 bridgehead atoms. The smallest absolute Gasteiger partial charge is 0.344 e. The molecule has 22 atom stereocenters. The first-order valence-corrected chi connectivity index (χ1v) is 33.3. The van der Waals surface area contributed by atoms with Crippen LogP contribution in [0, 0.1) is 5.92 Å². The molecule has 38 nitrogen and oxygen atoms in total. The largest absolute Gasteiger partial charge is 0.507 e. The minimum atomic E-state index is -1.90. The number of aliphatic carboxylic acids is 2. The number of likely N-dealkylation sites (N-methyl/N-ethyl adjacent to an activating group) is 2. The number of quaternary nitrogens is 3. The van der Waals surface area contributed by atoms with Gasteiger partial charge in [-0.1, -0.05) is 54.9 Å². The van der Waals surface area contributed by atoms with Gasteiger partial charge in [-0.15, -0.1) is 0 Å². The van der Waals surface area contributed by atoms with E-state index in [1.807, 2.05) is 34.6 Å². The van der Waals surface area contributed by atoms with Crippen LogP contribution < -0.4 is 33.2 Å². The number of ether oxygens (including phenoxy) is 11. The van der Waals surface area contributed by atoms with Gasteiger partial charge in [0.05, 0.1) is 45.9 Å². The monoisotopic (exact) mass is 1480 g/mol. The summed E-state index contributed by atoms with van der Waals surface area (Å²) in [6, 6.07) is 9.19. The van der Waals surface area contributed by atoms with Gasteiger partial charge in [0.2, 0.25) is 25.7 Å². The molecule has 4 aliphatic heterocycles. The summed E-state index contributed by atoms with van der Waals surface area (Å²) in [7, 11) is 3.22. The first kappa shape index (κ1) is 91.6. The number of aromatic hydroxyl groups is 3. The van der Waals surface area contributed by atoms with E-state index in [1.54, 1.807) is 24.7 Å². The maximum absolute atomic E-state index is 12.4. The first-order chi connectivity index (χ1) is 48.7. The van der Waals surface area contributed by atoms with E-state index in [1.165, 1.54) is 80.2 Å². The van der Waals surface area contributed by atoms with Crippen LogP contribution in [-0.2, 0) is 66.5 Å². The van der Waals surface area contributed by atoms with Crippen LogP contribution in [0.1, 0.15) is 106 Å². The predicted molar refractivity (Wildman–Crippen MR) is 355 cm³/mol. The molecule has 0 saturated carbocycles. The average Bonchev–Trinajstić information content (AvgIpc) is 0.807. The van der Waals surface area contributed by atoms with E-state index >= 15 is 0 Å². The van der Waals surface area contributed by atoms with E-state index in [0.29, 0.717) is 13.0 Å². The Morgan fingerprint density at radius 1 is 0.515 bits per heavy atom. The predicted octanol–water partition coefficient (Wildman–Crippen LogP) is -5.79. The molecule has 4 fully saturated rings. The molecule has 27 N–H and O–H groups in total. The highest BCUT2D eigenvalue weighted by Crippen LogP contribution is 2.31. The number of carbonyl (C=O) groups excluding carboxylic acids is 4. The fourth-order valence-corrected chi connectivity index (χ4v) is 10.2. The van der Waals surface area contributed by atoms with Crippen LogP contribution in [0.5, 0.6) is 17.2 Å². The number of rotatable bonds is 25. The summed E-state index contributed by atoms with van der Waals surface area (Å²) in [6.45, 7) is 14.6. The lowest BCUT2D eigenvalue weighted by atomic mass is 9.87. The third-order valence-electron chi connectivity index (χ3n) is 15.7. The topological polar surface area (TPSA) is 635 Å². The molecule has 38 heteroatoms.